The number of hydrogen-bond acceptors (Lipinski definition) is 4. The molecular weight excluding hydrogens is 330 g/mol. The summed E-state index contributed by atoms with van der Waals surface area (Å²) in [4.78, 5) is 15.2. The quantitative estimate of drug-likeness (QED) is 0.828. The predicted molar refractivity (Wildman–Crippen MR) is 88.4 cm³/mol. The van der Waals surface area contributed by atoms with Crippen molar-refractivity contribution in [3.63, 3.8) is 0 Å². The molecule has 5 nitrogen and oxygen atoms in total. The molecule has 0 spiro atoms. The van der Waals surface area contributed by atoms with Crippen LogP contribution in [0, 0.1) is 0 Å². The third-order valence-corrected chi connectivity index (χ3v) is 4.37. The van der Waals surface area contributed by atoms with Gasteiger partial charge in [0.1, 0.15) is 5.75 Å². The number of ether oxygens (including phenoxy) is 1. The van der Waals surface area contributed by atoms with E-state index in [-0.39, 0.29) is 17.2 Å². The predicted octanol–water partition coefficient (Wildman–Crippen LogP) is 3.91. The third kappa shape index (κ3) is 4.04. The Hall–Kier alpha value is -2.70. The Morgan fingerprint density at radius 2 is 2.24 bits per heavy atom. The number of alkyl halides is 2. The number of nitrogens with one attached hydrogen (secondary N) is 1. The first kappa shape index (κ1) is 17.1. The molecule has 0 saturated heterocycles. The number of pyridine rings is 1. The number of benzene rings is 1. The van der Waals surface area contributed by atoms with E-state index in [0.29, 0.717) is 12.2 Å². The molecule has 0 aliphatic heterocycles. The van der Waals surface area contributed by atoms with E-state index >= 15 is 0 Å². The van der Waals surface area contributed by atoms with Gasteiger partial charge >= 0.3 is 12.6 Å². The summed E-state index contributed by atoms with van der Waals surface area (Å²) < 4.78 is 29.2. The van der Waals surface area contributed by atoms with Crippen LogP contribution in [0.25, 0.3) is 0 Å². The zero-order valence-electron chi connectivity index (χ0n) is 13.4. The fraction of sp³-hybridized carbons (Fsp3) is 0.333. The van der Waals surface area contributed by atoms with Crippen LogP contribution < -0.4 is 10.1 Å². The number of aryl methyl sites for hydroxylation is 1. The molecule has 0 amide bonds. The molecule has 0 saturated carbocycles. The molecule has 1 aromatic heterocycles. The van der Waals surface area contributed by atoms with Gasteiger partial charge in [0.25, 0.3) is 0 Å². The minimum absolute atomic E-state index is 0.169. The van der Waals surface area contributed by atoms with E-state index in [1.54, 1.807) is 12.1 Å². The van der Waals surface area contributed by atoms with Crippen LogP contribution in [0.1, 0.15) is 40.2 Å². The van der Waals surface area contributed by atoms with Gasteiger partial charge in [0.2, 0.25) is 0 Å². The number of halogens is 2. The lowest BCUT2D eigenvalue weighted by Crippen LogP contribution is -2.19. The molecule has 25 heavy (non-hydrogen) atoms. The van der Waals surface area contributed by atoms with Crippen molar-refractivity contribution >= 4 is 11.7 Å². The number of aromatic nitrogens is 1. The highest BCUT2D eigenvalue weighted by atomic mass is 19.3. The maximum Gasteiger partial charge on any atom is 0.387 e. The van der Waals surface area contributed by atoms with Crippen LogP contribution in [-0.2, 0) is 6.42 Å². The van der Waals surface area contributed by atoms with Crippen LogP contribution in [0.3, 0.4) is 0 Å². The number of fused-ring (bicyclic) bond motifs is 1. The van der Waals surface area contributed by atoms with Gasteiger partial charge in [0.05, 0.1) is 17.4 Å². The maximum absolute atomic E-state index is 12.4. The summed E-state index contributed by atoms with van der Waals surface area (Å²) in [5.41, 5.74) is 2.73. The minimum atomic E-state index is -2.83. The highest BCUT2D eigenvalue weighted by Gasteiger charge is 2.22. The van der Waals surface area contributed by atoms with E-state index in [4.69, 9.17) is 0 Å². The molecule has 0 fully saturated rings. The molecule has 0 bridgehead atoms. The summed E-state index contributed by atoms with van der Waals surface area (Å²) in [6.07, 6.45) is 5.63. The molecule has 1 aliphatic rings. The van der Waals surface area contributed by atoms with Gasteiger partial charge in [-0.25, -0.2) is 4.79 Å². The van der Waals surface area contributed by atoms with Crippen molar-refractivity contribution in [2.45, 2.75) is 31.8 Å². The van der Waals surface area contributed by atoms with Crippen molar-refractivity contribution in [3.8, 4) is 5.75 Å². The van der Waals surface area contributed by atoms with Gasteiger partial charge in [-0.3, -0.25) is 4.98 Å². The Morgan fingerprint density at radius 3 is 3.00 bits per heavy atom. The summed E-state index contributed by atoms with van der Waals surface area (Å²) in [7, 11) is 0. The van der Waals surface area contributed by atoms with Crippen molar-refractivity contribution < 1.29 is 23.4 Å². The van der Waals surface area contributed by atoms with Crippen molar-refractivity contribution in [2.24, 2.45) is 0 Å². The Labute approximate surface area is 143 Å². The van der Waals surface area contributed by atoms with Crippen molar-refractivity contribution in [2.75, 3.05) is 11.9 Å². The van der Waals surface area contributed by atoms with Gasteiger partial charge in [0.15, 0.2) is 0 Å². The molecule has 0 radical (unpaired) electrons. The van der Waals surface area contributed by atoms with Gasteiger partial charge in [-0.2, -0.15) is 8.78 Å². The zero-order chi connectivity index (χ0) is 17.8. The van der Waals surface area contributed by atoms with E-state index < -0.39 is 12.6 Å². The van der Waals surface area contributed by atoms with Crippen LogP contribution in [0.5, 0.6) is 5.75 Å². The number of anilines is 1. The fourth-order valence-electron chi connectivity index (χ4n) is 3.23. The van der Waals surface area contributed by atoms with E-state index in [0.717, 1.165) is 30.4 Å². The average Bonchev–Trinajstić information content (AvgIpc) is 2.59. The minimum Gasteiger partial charge on any atom is -0.478 e. The molecule has 3 rings (SSSR count). The van der Waals surface area contributed by atoms with Gasteiger partial charge in [-0.05, 0) is 48.6 Å². The number of nitrogens with zero attached hydrogens (tertiary/aromatic N) is 1. The molecule has 132 valence electrons. The first-order chi connectivity index (χ1) is 12.0. The molecule has 1 aromatic carbocycles. The summed E-state index contributed by atoms with van der Waals surface area (Å²) in [6.45, 7) is -2.28. The molecule has 7 heteroatoms. The number of carbonyl (C=O) groups is 1. The van der Waals surface area contributed by atoms with Crippen LogP contribution in [0.2, 0.25) is 0 Å². The molecule has 1 heterocycles. The summed E-state index contributed by atoms with van der Waals surface area (Å²) in [6, 6.07) is 6.49. The Bertz CT molecular complexity index is 768. The number of carboxylic acids is 1. The first-order valence-corrected chi connectivity index (χ1v) is 8.03. The Balaban J connectivity index is 1.75. The van der Waals surface area contributed by atoms with Crippen LogP contribution in [-0.4, -0.2) is 29.2 Å². The first-order valence-electron chi connectivity index (χ1n) is 8.03. The zero-order valence-corrected chi connectivity index (χ0v) is 13.4. The molecule has 1 aliphatic carbocycles. The molecule has 2 N–H and O–H groups in total. The van der Waals surface area contributed by atoms with E-state index in [1.165, 1.54) is 18.5 Å². The standard InChI is InChI=1S/C18H18F2N2O3/c19-18(20)25-13-4-5-14-11(8-13)2-1-3-12(14)9-22-16-10-21-7-6-15(16)17(23)24/h4-8,10,12,18,22H,1-3,9H2,(H,23,24)/t12-/m1/s1. The van der Waals surface area contributed by atoms with Crippen LogP contribution in [0.4, 0.5) is 14.5 Å². The third-order valence-electron chi connectivity index (χ3n) is 4.37. The molecule has 2 aromatic rings. The molecular formula is C18H18F2N2O3. The van der Waals surface area contributed by atoms with Crippen molar-refractivity contribution in [1.82, 2.24) is 4.98 Å². The lowest BCUT2D eigenvalue weighted by atomic mass is 9.82. The van der Waals surface area contributed by atoms with Crippen LogP contribution >= 0.6 is 0 Å². The number of aromatic carboxylic acids is 1. The number of hydrogen-bond donors (Lipinski definition) is 2. The lowest BCUT2D eigenvalue weighted by molar-refractivity contribution is -0.0499. The van der Waals surface area contributed by atoms with Gasteiger partial charge in [-0.1, -0.05) is 6.07 Å². The Morgan fingerprint density at radius 1 is 1.40 bits per heavy atom. The fourth-order valence-corrected chi connectivity index (χ4v) is 3.23. The topological polar surface area (TPSA) is 71.5 Å². The van der Waals surface area contributed by atoms with Gasteiger partial charge in [0, 0.05) is 18.7 Å². The molecule has 1 atom stereocenters. The second-order valence-electron chi connectivity index (χ2n) is 5.94. The summed E-state index contributed by atoms with van der Waals surface area (Å²) in [5.74, 6) is -0.670. The monoisotopic (exact) mass is 348 g/mol. The second-order valence-corrected chi connectivity index (χ2v) is 5.94. The normalized spacial score (nSPS) is 16.4. The van der Waals surface area contributed by atoms with E-state index in [2.05, 4.69) is 15.0 Å². The van der Waals surface area contributed by atoms with E-state index in [1.807, 2.05) is 6.07 Å². The molecule has 0 unspecified atom stereocenters. The average molecular weight is 348 g/mol. The highest BCUT2D eigenvalue weighted by molar-refractivity contribution is 5.93. The van der Waals surface area contributed by atoms with Gasteiger partial charge < -0.3 is 15.2 Å². The number of rotatable bonds is 6. The largest absolute Gasteiger partial charge is 0.478 e. The van der Waals surface area contributed by atoms with Crippen LogP contribution in [0.15, 0.2) is 36.7 Å². The second kappa shape index (κ2) is 7.46. The van der Waals surface area contributed by atoms with Gasteiger partial charge in [-0.15, -0.1) is 0 Å². The summed E-state index contributed by atoms with van der Waals surface area (Å²) >= 11 is 0. The highest BCUT2D eigenvalue weighted by Crippen LogP contribution is 2.34. The van der Waals surface area contributed by atoms with Crippen molar-refractivity contribution in [3.05, 3.63) is 53.3 Å². The smallest absolute Gasteiger partial charge is 0.387 e. The summed E-state index contributed by atoms with van der Waals surface area (Å²) in [5, 5.41) is 12.4. The Kier molecular flexibility index (Phi) is 5.11. The van der Waals surface area contributed by atoms with E-state index in [9.17, 15) is 18.7 Å². The van der Waals surface area contributed by atoms with Crippen molar-refractivity contribution in [1.29, 1.82) is 0 Å². The lowest BCUT2D eigenvalue weighted by Gasteiger charge is -2.26. The maximum atomic E-state index is 12.4. The SMILES string of the molecule is O=C(O)c1ccncc1NC[C@H]1CCCc2cc(OC(F)F)ccc21. The number of carboxylic acid groups (broad SMARTS) is 1.